The maximum Gasteiger partial charge on any atom is 0.371 e. The predicted octanol–water partition coefficient (Wildman–Crippen LogP) is 1.07. The number of sulfonamides is 1. The summed E-state index contributed by atoms with van der Waals surface area (Å²) in [5.41, 5.74) is 0. The molecule has 0 aliphatic carbocycles. The minimum absolute atomic E-state index is 0.0761. The molecule has 0 aromatic carbocycles. The number of rotatable bonds is 4. The van der Waals surface area contributed by atoms with Gasteiger partial charge in [0.15, 0.2) is 4.67 Å². The van der Waals surface area contributed by atoms with Gasteiger partial charge in [0.1, 0.15) is 4.90 Å². The van der Waals surface area contributed by atoms with Crippen molar-refractivity contribution in [3.05, 3.63) is 16.5 Å². The van der Waals surface area contributed by atoms with Crippen molar-refractivity contribution in [1.29, 1.82) is 0 Å². The SMILES string of the molecule is CCN1CCN(S(=O)(=O)c2cc(C(=O)O)oc2Br)CC1. The molecule has 1 fully saturated rings. The third-order valence-corrected chi connectivity index (χ3v) is 6.02. The summed E-state index contributed by atoms with van der Waals surface area (Å²) < 4.78 is 31.1. The molecule has 1 aromatic rings. The van der Waals surface area contributed by atoms with Crippen LogP contribution in [-0.2, 0) is 10.0 Å². The van der Waals surface area contributed by atoms with Gasteiger partial charge in [-0.2, -0.15) is 4.31 Å². The summed E-state index contributed by atoms with van der Waals surface area (Å²) in [6.07, 6.45) is 0. The Bertz CT molecular complexity index is 604. The fraction of sp³-hybridized carbons (Fsp3) is 0.545. The molecule has 1 N–H and O–H groups in total. The number of carboxylic acid groups (broad SMARTS) is 1. The second-order valence-corrected chi connectivity index (χ2v) is 7.02. The zero-order chi connectivity index (χ0) is 14.9. The lowest BCUT2D eigenvalue weighted by molar-refractivity contribution is 0.0661. The molecule has 0 atom stereocenters. The third-order valence-electron chi connectivity index (χ3n) is 3.26. The van der Waals surface area contributed by atoms with Gasteiger partial charge in [-0.05, 0) is 22.5 Å². The smallest absolute Gasteiger partial charge is 0.371 e. The van der Waals surface area contributed by atoms with Crippen molar-refractivity contribution in [3.63, 3.8) is 0 Å². The second kappa shape index (κ2) is 5.84. The number of furan rings is 1. The number of halogens is 1. The van der Waals surface area contributed by atoms with E-state index < -0.39 is 21.8 Å². The van der Waals surface area contributed by atoms with Gasteiger partial charge >= 0.3 is 5.97 Å². The van der Waals surface area contributed by atoms with E-state index in [0.717, 1.165) is 12.6 Å². The molecule has 1 aromatic heterocycles. The van der Waals surface area contributed by atoms with E-state index in [1.165, 1.54) is 4.31 Å². The quantitative estimate of drug-likeness (QED) is 0.856. The fourth-order valence-corrected chi connectivity index (χ4v) is 4.38. The van der Waals surface area contributed by atoms with Crippen LogP contribution >= 0.6 is 15.9 Å². The first-order valence-electron chi connectivity index (χ1n) is 6.11. The van der Waals surface area contributed by atoms with Crippen LogP contribution in [0.5, 0.6) is 0 Å². The number of aromatic carboxylic acids is 1. The van der Waals surface area contributed by atoms with Crippen molar-refractivity contribution >= 4 is 31.9 Å². The minimum Gasteiger partial charge on any atom is -0.475 e. The topological polar surface area (TPSA) is 91.1 Å². The molecule has 0 bridgehead atoms. The standard InChI is InChI=1S/C11H15BrN2O5S/c1-2-13-3-5-14(6-4-13)20(17,18)9-7-8(11(15)16)19-10(9)12/h7H,2-6H2,1H3,(H,15,16). The Morgan fingerprint density at radius 1 is 1.40 bits per heavy atom. The number of hydrogen-bond donors (Lipinski definition) is 1. The average Bonchev–Trinajstić information content (AvgIpc) is 2.82. The van der Waals surface area contributed by atoms with Gasteiger partial charge in [-0.15, -0.1) is 0 Å². The molecule has 0 radical (unpaired) electrons. The normalized spacial score (nSPS) is 18.3. The highest BCUT2D eigenvalue weighted by Gasteiger charge is 2.32. The lowest BCUT2D eigenvalue weighted by Crippen LogP contribution is -2.48. The first-order chi connectivity index (χ1) is 9.36. The van der Waals surface area contributed by atoms with Crippen molar-refractivity contribution < 1.29 is 22.7 Å². The number of hydrogen-bond acceptors (Lipinski definition) is 5. The van der Waals surface area contributed by atoms with Gasteiger partial charge in [0, 0.05) is 32.2 Å². The van der Waals surface area contributed by atoms with Gasteiger partial charge < -0.3 is 14.4 Å². The lowest BCUT2D eigenvalue weighted by Gasteiger charge is -2.32. The number of likely N-dealkylation sites (N-methyl/N-ethyl adjacent to an activating group) is 1. The Morgan fingerprint density at radius 3 is 2.45 bits per heavy atom. The Hall–Kier alpha value is -0.900. The molecular weight excluding hydrogens is 352 g/mol. The summed E-state index contributed by atoms with van der Waals surface area (Å²) in [5.74, 6) is -1.70. The fourth-order valence-electron chi connectivity index (χ4n) is 2.06. The van der Waals surface area contributed by atoms with Crippen molar-refractivity contribution in [3.8, 4) is 0 Å². The van der Waals surface area contributed by atoms with Crippen LogP contribution in [0.25, 0.3) is 0 Å². The van der Waals surface area contributed by atoms with E-state index in [4.69, 9.17) is 9.52 Å². The number of carboxylic acids is 1. The van der Waals surface area contributed by atoms with Crippen LogP contribution in [0.3, 0.4) is 0 Å². The molecule has 0 unspecified atom stereocenters. The first kappa shape index (κ1) is 15.5. The molecule has 1 aliphatic rings. The van der Waals surface area contributed by atoms with E-state index in [0.29, 0.717) is 26.2 Å². The van der Waals surface area contributed by atoms with Gasteiger partial charge in [0.25, 0.3) is 0 Å². The largest absolute Gasteiger partial charge is 0.475 e. The Morgan fingerprint density at radius 2 is 2.00 bits per heavy atom. The van der Waals surface area contributed by atoms with Crippen molar-refractivity contribution in [2.75, 3.05) is 32.7 Å². The molecule has 112 valence electrons. The molecular formula is C11H15BrN2O5S. The lowest BCUT2D eigenvalue weighted by atomic mass is 10.4. The average molecular weight is 367 g/mol. The van der Waals surface area contributed by atoms with E-state index in [9.17, 15) is 13.2 Å². The van der Waals surface area contributed by atoms with Gasteiger partial charge in [0.2, 0.25) is 15.8 Å². The van der Waals surface area contributed by atoms with E-state index in [2.05, 4.69) is 20.8 Å². The molecule has 0 saturated carbocycles. The summed E-state index contributed by atoms with van der Waals surface area (Å²) in [4.78, 5) is 12.8. The Balaban J connectivity index is 2.25. The summed E-state index contributed by atoms with van der Waals surface area (Å²) in [7, 11) is -3.73. The predicted molar refractivity (Wildman–Crippen MR) is 74.2 cm³/mol. The summed E-state index contributed by atoms with van der Waals surface area (Å²) >= 11 is 2.97. The van der Waals surface area contributed by atoms with Gasteiger partial charge in [-0.25, -0.2) is 13.2 Å². The van der Waals surface area contributed by atoms with E-state index >= 15 is 0 Å². The van der Waals surface area contributed by atoms with E-state index in [-0.39, 0.29) is 9.56 Å². The van der Waals surface area contributed by atoms with E-state index in [1.54, 1.807) is 0 Å². The van der Waals surface area contributed by atoms with Crippen molar-refractivity contribution in [1.82, 2.24) is 9.21 Å². The highest BCUT2D eigenvalue weighted by molar-refractivity contribution is 9.10. The van der Waals surface area contributed by atoms with Crippen LogP contribution in [0.1, 0.15) is 17.5 Å². The molecule has 7 nitrogen and oxygen atoms in total. The number of nitrogens with zero attached hydrogens (tertiary/aromatic N) is 2. The third kappa shape index (κ3) is 2.90. The molecule has 2 rings (SSSR count). The van der Waals surface area contributed by atoms with Gasteiger partial charge in [0.05, 0.1) is 0 Å². The molecule has 20 heavy (non-hydrogen) atoms. The van der Waals surface area contributed by atoms with Crippen molar-refractivity contribution in [2.45, 2.75) is 11.8 Å². The minimum atomic E-state index is -3.73. The molecule has 1 saturated heterocycles. The van der Waals surface area contributed by atoms with E-state index in [1.807, 2.05) is 6.92 Å². The summed E-state index contributed by atoms with van der Waals surface area (Å²) in [6, 6.07) is 1.04. The monoisotopic (exact) mass is 366 g/mol. The maximum absolute atomic E-state index is 12.5. The summed E-state index contributed by atoms with van der Waals surface area (Å²) in [6.45, 7) is 5.00. The molecule has 0 amide bonds. The molecule has 0 spiro atoms. The van der Waals surface area contributed by atoms with Crippen LogP contribution in [-0.4, -0.2) is 61.4 Å². The zero-order valence-electron chi connectivity index (χ0n) is 10.9. The molecule has 9 heteroatoms. The molecule has 1 aliphatic heterocycles. The van der Waals surface area contributed by atoms with Crippen LogP contribution < -0.4 is 0 Å². The second-order valence-electron chi connectivity index (χ2n) is 4.39. The van der Waals surface area contributed by atoms with Gasteiger partial charge in [-0.3, -0.25) is 0 Å². The maximum atomic E-state index is 12.5. The van der Waals surface area contributed by atoms with Crippen molar-refractivity contribution in [2.24, 2.45) is 0 Å². The molecule has 2 heterocycles. The highest BCUT2D eigenvalue weighted by Crippen LogP contribution is 2.29. The Kier molecular flexibility index (Phi) is 4.52. The highest BCUT2D eigenvalue weighted by atomic mass is 79.9. The van der Waals surface area contributed by atoms with Crippen LogP contribution in [0.15, 0.2) is 20.0 Å². The summed E-state index contributed by atoms with van der Waals surface area (Å²) in [5, 5.41) is 8.84. The van der Waals surface area contributed by atoms with Crippen LogP contribution in [0.4, 0.5) is 0 Å². The van der Waals surface area contributed by atoms with Crippen LogP contribution in [0, 0.1) is 0 Å². The van der Waals surface area contributed by atoms with Gasteiger partial charge in [-0.1, -0.05) is 6.92 Å². The Labute approximate surface area is 125 Å². The zero-order valence-corrected chi connectivity index (χ0v) is 13.3. The van der Waals surface area contributed by atoms with Crippen LogP contribution in [0.2, 0.25) is 0 Å². The number of piperazine rings is 1. The number of carbonyl (C=O) groups is 1. The first-order valence-corrected chi connectivity index (χ1v) is 8.34.